The molecule has 0 heterocycles. The lowest BCUT2D eigenvalue weighted by molar-refractivity contribution is 0.903. The summed E-state index contributed by atoms with van der Waals surface area (Å²) in [6.45, 7) is 0. The first-order chi connectivity index (χ1) is 7.43. The largest absolute Gasteiger partial charge is 0.102 e. The molecule has 0 bridgehead atoms. The van der Waals surface area contributed by atoms with Crippen LogP contribution in [0.3, 0.4) is 0 Å². The van der Waals surface area contributed by atoms with Crippen LogP contribution in [0.15, 0.2) is 30.3 Å². The lowest BCUT2D eigenvalue weighted by Gasteiger charge is -1.87. The number of unbranched alkanes of at least 4 members (excludes halogenated alkanes) is 2. The van der Waals surface area contributed by atoms with E-state index in [1.165, 1.54) is 0 Å². The molecule has 1 aromatic rings. The second-order valence-electron chi connectivity index (χ2n) is 3.01. The third kappa shape index (κ3) is 6.20. The number of benzene rings is 1. The molecule has 0 saturated heterocycles. The predicted octanol–water partition coefficient (Wildman–Crippen LogP) is 3.65. The maximum absolute atomic E-state index is 3.16. The smallest absolute Gasteiger partial charge is 0.0609 e. The van der Waals surface area contributed by atoms with Gasteiger partial charge in [-0.15, -0.1) is 5.92 Å². The summed E-state index contributed by atoms with van der Waals surface area (Å²) in [5.41, 5.74) is 1.09. The molecule has 0 aliphatic rings. The molecule has 0 spiro atoms. The van der Waals surface area contributed by atoms with Gasteiger partial charge in [-0.2, -0.15) is 0 Å². The lowest BCUT2D eigenvalue weighted by Crippen LogP contribution is -1.73. The van der Waals surface area contributed by atoms with E-state index in [9.17, 15) is 0 Å². The Morgan fingerprint density at radius 2 is 1.67 bits per heavy atom. The molecule has 0 N–H and O–H groups in total. The zero-order valence-corrected chi connectivity index (χ0v) is 10.8. The van der Waals surface area contributed by atoms with Crippen LogP contribution >= 0.6 is 22.6 Å². The first-order valence-electron chi connectivity index (χ1n) is 4.99. The summed E-state index contributed by atoms with van der Waals surface area (Å²) < 4.78 is 0.924. The van der Waals surface area contributed by atoms with Crippen molar-refractivity contribution in [1.29, 1.82) is 0 Å². The van der Waals surface area contributed by atoms with Crippen molar-refractivity contribution in [2.24, 2.45) is 0 Å². The molecule has 0 aromatic heterocycles. The van der Waals surface area contributed by atoms with Gasteiger partial charge in [-0.1, -0.05) is 58.6 Å². The van der Waals surface area contributed by atoms with Gasteiger partial charge in [-0.3, -0.25) is 0 Å². The van der Waals surface area contributed by atoms with Crippen molar-refractivity contribution >= 4 is 22.6 Å². The number of halogens is 1. The van der Waals surface area contributed by atoms with Crippen LogP contribution < -0.4 is 0 Å². The molecule has 1 aromatic carbocycles. The number of alkyl halides is 1. The van der Waals surface area contributed by atoms with Crippen LogP contribution in [-0.2, 0) is 0 Å². The highest BCUT2D eigenvalue weighted by Crippen LogP contribution is 1.97. The summed E-state index contributed by atoms with van der Waals surface area (Å²) in [6, 6.07) is 10.1. The second kappa shape index (κ2) is 8.38. The zero-order chi connectivity index (χ0) is 10.8. The van der Waals surface area contributed by atoms with Crippen LogP contribution in [0.5, 0.6) is 0 Å². The van der Waals surface area contributed by atoms with Crippen LogP contribution in [0.1, 0.15) is 24.8 Å². The van der Waals surface area contributed by atoms with E-state index in [2.05, 4.69) is 46.3 Å². The highest BCUT2D eigenvalue weighted by Gasteiger charge is 1.82. The lowest BCUT2D eigenvalue weighted by atomic mass is 10.2. The van der Waals surface area contributed by atoms with E-state index in [4.69, 9.17) is 0 Å². The molecule has 15 heavy (non-hydrogen) atoms. The van der Waals surface area contributed by atoms with E-state index in [-0.39, 0.29) is 0 Å². The summed E-state index contributed by atoms with van der Waals surface area (Å²) >= 11 is 2.26. The van der Waals surface area contributed by atoms with E-state index in [0.717, 1.165) is 29.3 Å². The van der Waals surface area contributed by atoms with Gasteiger partial charge in [-0.05, 0) is 18.6 Å². The molecule has 0 nitrogen and oxygen atoms in total. The Balaban J connectivity index is 2.23. The highest BCUT2D eigenvalue weighted by molar-refractivity contribution is 14.1. The molecule has 0 saturated carbocycles. The maximum Gasteiger partial charge on any atom is 0.0609 e. The minimum Gasteiger partial charge on any atom is -0.102 e. The van der Waals surface area contributed by atoms with Crippen molar-refractivity contribution in [3.63, 3.8) is 0 Å². The average molecular weight is 308 g/mol. The first kappa shape index (κ1) is 12.1. The molecular weight excluding hydrogens is 295 g/mol. The van der Waals surface area contributed by atoms with Crippen molar-refractivity contribution in [2.75, 3.05) is 4.43 Å². The minimum atomic E-state index is 0.924. The van der Waals surface area contributed by atoms with Gasteiger partial charge in [0.1, 0.15) is 0 Å². The average Bonchev–Trinajstić information content (AvgIpc) is 2.29. The van der Waals surface area contributed by atoms with Crippen molar-refractivity contribution in [2.45, 2.75) is 19.3 Å². The Labute approximate surface area is 106 Å². The monoisotopic (exact) mass is 308 g/mol. The third-order valence-corrected chi connectivity index (χ3v) is 2.18. The SMILES string of the molecule is ICC#CCCCC#Cc1ccccc1. The van der Waals surface area contributed by atoms with Gasteiger partial charge >= 0.3 is 0 Å². The topological polar surface area (TPSA) is 0 Å². The van der Waals surface area contributed by atoms with E-state index in [1.54, 1.807) is 0 Å². The fraction of sp³-hybridized carbons (Fsp3) is 0.286. The number of rotatable bonds is 2. The van der Waals surface area contributed by atoms with Gasteiger partial charge in [-0.25, -0.2) is 0 Å². The van der Waals surface area contributed by atoms with Crippen LogP contribution in [0, 0.1) is 23.7 Å². The Morgan fingerprint density at radius 1 is 0.933 bits per heavy atom. The number of hydrogen-bond donors (Lipinski definition) is 0. The van der Waals surface area contributed by atoms with Gasteiger partial charge in [0, 0.05) is 18.4 Å². The molecule has 0 unspecified atom stereocenters. The van der Waals surface area contributed by atoms with Crippen LogP contribution in [0.2, 0.25) is 0 Å². The van der Waals surface area contributed by atoms with Gasteiger partial charge in [0.05, 0.1) is 4.43 Å². The quantitative estimate of drug-likeness (QED) is 0.339. The van der Waals surface area contributed by atoms with Crippen LogP contribution in [-0.4, -0.2) is 4.43 Å². The summed E-state index contributed by atoms with van der Waals surface area (Å²) in [5.74, 6) is 12.4. The van der Waals surface area contributed by atoms with Gasteiger partial charge < -0.3 is 0 Å². The van der Waals surface area contributed by atoms with E-state index in [0.29, 0.717) is 0 Å². The van der Waals surface area contributed by atoms with Gasteiger partial charge in [0.2, 0.25) is 0 Å². The molecule has 0 fully saturated rings. The molecule has 0 aliphatic carbocycles. The van der Waals surface area contributed by atoms with Crippen molar-refractivity contribution < 1.29 is 0 Å². The Hall–Kier alpha value is -0.930. The Kier molecular flexibility index (Phi) is 6.79. The fourth-order valence-corrected chi connectivity index (χ4v) is 1.36. The molecule has 76 valence electrons. The van der Waals surface area contributed by atoms with Crippen molar-refractivity contribution in [3.05, 3.63) is 35.9 Å². The first-order valence-corrected chi connectivity index (χ1v) is 6.51. The predicted molar refractivity (Wildman–Crippen MR) is 73.8 cm³/mol. The molecule has 1 heteroatoms. The van der Waals surface area contributed by atoms with Crippen molar-refractivity contribution in [1.82, 2.24) is 0 Å². The summed E-state index contributed by atoms with van der Waals surface area (Å²) in [7, 11) is 0. The molecule has 0 radical (unpaired) electrons. The maximum atomic E-state index is 3.16. The zero-order valence-electron chi connectivity index (χ0n) is 8.59. The molecule has 0 amide bonds. The van der Waals surface area contributed by atoms with Crippen LogP contribution in [0.4, 0.5) is 0 Å². The Morgan fingerprint density at radius 3 is 2.40 bits per heavy atom. The summed E-state index contributed by atoms with van der Waals surface area (Å²) in [4.78, 5) is 0. The number of hydrogen-bond acceptors (Lipinski definition) is 0. The molecule has 0 aliphatic heterocycles. The second-order valence-corrected chi connectivity index (χ2v) is 3.77. The van der Waals surface area contributed by atoms with Gasteiger partial charge in [0.15, 0.2) is 0 Å². The molecular formula is C14H13I. The summed E-state index contributed by atoms with van der Waals surface area (Å²) in [5, 5.41) is 0. The molecule has 1 rings (SSSR count). The standard InChI is InChI=1S/C14H13I/c15-13-9-4-2-1-3-6-10-14-11-7-5-8-12-14/h5,7-8,11-12H,1-3,13H2. The van der Waals surface area contributed by atoms with Crippen molar-refractivity contribution in [3.8, 4) is 23.7 Å². The Bertz CT molecular complexity index is 384. The normalized spacial score (nSPS) is 8.33. The van der Waals surface area contributed by atoms with E-state index < -0.39 is 0 Å². The van der Waals surface area contributed by atoms with E-state index in [1.807, 2.05) is 30.3 Å². The van der Waals surface area contributed by atoms with E-state index >= 15 is 0 Å². The minimum absolute atomic E-state index is 0.924. The van der Waals surface area contributed by atoms with Gasteiger partial charge in [0.25, 0.3) is 0 Å². The highest BCUT2D eigenvalue weighted by atomic mass is 127. The fourth-order valence-electron chi connectivity index (χ4n) is 1.09. The van der Waals surface area contributed by atoms with Crippen LogP contribution in [0.25, 0.3) is 0 Å². The summed E-state index contributed by atoms with van der Waals surface area (Å²) in [6.07, 6.45) is 2.97. The molecule has 0 atom stereocenters. The third-order valence-electron chi connectivity index (χ3n) is 1.80.